The third-order valence-electron chi connectivity index (χ3n) is 4.57. The molecule has 0 aromatic heterocycles. The molecule has 0 radical (unpaired) electrons. The van der Waals surface area contributed by atoms with E-state index in [1.165, 1.54) is 50.9 Å². The van der Waals surface area contributed by atoms with Gasteiger partial charge in [0.1, 0.15) is 0 Å². The number of hydrogen-bond donors (Lipinski definition) is 1. The van der Waals surface area contributed by atoms with Crippen LogP contribution in [0.2, 0.25) is 0 Å². The van der Waals surface area contributed by atoms with Crippen LogP contribution in [0, 0.1) is 5.92 Å². The Hall–Kier alpha value is -1.02. The standard InChI is InChI=1S/C18H29NO/c1-3-6-15-7-5-13-19(14-12-15)17-10-8-16(9-11-17)18(20)4-2/h8-11,15,18,20H,3-7,12-14H2,1-2H3/t15?,18-/m1/s1. The van der Waals surface area contributed by atoms with Gasteiger partial charge in [0, 0.05) is 18.8 Å². The van der Waals surface area contributed by atoms with Crippen LogP contribution in [0.25, 0.3) is 0 Å². The van der Waals surface area contributed by atoms with Gasteiger partial charge in [0.25, 0.3) is 0 Å². The number of nitrogens with zero attached hydrogens (tertiary/aromatic N) is 1. The Labute approximate surface area is 123 Å². The van der Waals surface area contributed by atoms with Gasteiger partial charge in [0.2, 0.25) is 0 Å². The molecule has 1 aliphatic rings. The van der Waals surface area contributed by atoms with Gasteiger partial charge in [-0.25, -0.2) is 0 Å². The second kappa shape index (κ2) is 7.68. The van der Waals surface area contributed by atoms with Crippen molar-refractivity contribution in [1.29, 1.82) is 0 Å². The van der Waals surface area contributed by atoms with E-state index in [9.17, 15) is 5.11 Å². The van der Waals surface area contributed by atoms with Gasteiger partial charge < -0.3 is 10.0 Å². The molecule has 0 aliphatic carbocycles. The molecule has 1 aromatic rings. The van der Waals surface area contributed by atoms with E-state index in [0.717, 1.165) is 17.9 Å². The zero-order chi connectivity index (χ0) is 14.4. The Balaban J connectivity index is 1.97. The third-order valence-corrected chi connectivity index (χ3v) is 4.57. The maximum absolute atomic E-state index is 9.86. The van der Waals surface area contributed by atoms with Gasteiger partial charge in [-0.2, -0.15) is 0 Å². The van der Waals surface area contributed by atoms with Gasteiger partial charge in [-0.05, 0) is 49.3 Å². The van der Waals surface area contributed by atoms with Gasteiger partial charge in [0.05, 0.1) is 6.10 Å². The van der Waals surface area contributed by atoms with Crippen molar-refractivity contribution in [3.8, 4) is 0 Å². The molecule has 0 saturated carbocycles. The molecule has 1 unspecified atom stereocenters. The summed E-state index contributed by atoms with van der Waals surface area (Å²) in [6.07, 6.45) is 7.18. The largest absolute Gasteiger partial charge is 0.388 e. The predicted octanol–water partition coefficient (Wildman–Crippen LogP) is 4.54. The van der Waals surface area contributed by atoms with Crippen molar-refractivity contribution in [2.75, 3.05) is 18.0 Å². The minimum atomic E-state index is -0.317. The van der Waals surface area contributed by atoms with Crippen LogP contribution < -0.4 is 4.90 Å². The number of aliphatic hydroxyl groups is 1. The van der Waals surface area contributed by atoms with E-state index >= 15 is 0 Å². The molecule has 20 heavy (non-hydrogen) atoms. The van der Waals surface area contributed by atoms with E-state index in [1.54, 1.807) is 0 Å². The Morgan fingerprint density at radius 1 is 1.15 bits per heavy atom. The quantitative estimate of drug-likeness (QED) is 0.853. The van der Waals surface area contributed by atoms with Crippen molar-refractivity contribution in [2.24, 2.45) is 5.92 Å². The fraction of sp³-hybridized carbons (Fsp3) is 0.667. The van der Waals surface area contributed by atoms with Gasteiger partial charge in [-0.3, -0.25) is 0 Å². The van der Waals surface area contributed by atoms with Crippen molar-refractivity contribution in [3.05, 3.63) is 29.8 Å². The molecule has 1 aliphatic heterocycles. The summed E-state index contributed by atoms with van der Waals surface area (Å²) in [5, 5.41) is 9.86. The summed E-state index contributed by atoms with van der Waals surface area (Å²) in [7, 11) is 0. The van der Waals surface area contributed by atoms with Crippen molar-refractivity contribution >= 4 is 5.69 Å². The van der Waals surface area contributed by atoms with Crippen molar-refractivity contribution in [3.63, 3.8) is 0 Å². The van der Waals surface area contributed by atoms with Crippen molar-refractivity contribution in [1.82, 2.24) is 0 Å². The number of benzene rings is 1. The molecule has 1 aromatic carbocycles. The third kappa shape index (κ3) is 3.99. The molecule has 1 heterocycles. The Kier molecular flexibility index (Phi) is 5.90. The molecule has 0 spiro atoms. The molecule has 2 atom stereocenters. The van der Waals surface area contributed by atoms with Crippen LogP contribution in [0.5, 0.6) is 0 Å². The molecule has 2 nitrogen and oxygen atoms in total. The van der Waals surface area contributed by atoms with Crippen molar-refractivity contribution in [2.45, 2.75) is 58.5 Å². The summed E-state index contributed by atoms with van der Waals surface area (Å²) in [5.41, 5.74) is 2.35. The zero-order valence-corrected chi connectivity index (χ0v) is 13.0. The summed E-state index contributed by atoms with van der Waals surface area (Å²) in [5.74, 6) is 0.922. The first-order chi connectivity index (χ1) is 9.74. The van der Waals surface area contributed by atoms with E-state index in [4.69, 9.17) is 0 Å². The highest BCUT2D eigenvalue weighted by atomic mass is 16.3. The first kappa shape index (κ1) is 15.4. The molecule has 2 heteroatoms. The molecule has 2 rings (SSSR count). The zero-order valence-electron chi connectivity index (χ0n) is 13.0. The lowest BCUT2D eigenvalue weighted by Crippen LogP contribution is -2.24. The lowest BCUT2D eigenvalue weighted by molar-refractivity contribution is 0.173. The molecule has 1 N–H and O–H groups in total. The minimum absolute atomic E-state index is 0.317. The van der Waals surface area contributed by atoms with E-state index < -0.39 is 0 Å². The smallest absolute Gasteiger partial charge is 0.0787 e. The highest BCUT2D eigenvalue weighted by molar-refractivity contribution is 5.48. The fourth-order valence-electron chi connectivity index (χ4n) is 3.26. The summed E-state index contributed by atoms with van der Waals surface area (Å²) in [4.78, 5) is 2.51. The first-order valence-corrected chi connectivity index (χ1v) is 8.27. The Bertz CT molecular complexity index is 387. The van der Waals surface area contributed by atoms with E-state index in [2.05, 4.69) is 36.1 Å². The topological polar surface area (TPSA) is 23.5 Å². The molecular weight excluding hydrogens is 246 g/mol. The SMILES string of the molecule is CCCC1CCCN(c2ccc([C@H](O)CC)cc2)CC1. The van der Waals surface area contributed by atoms with Crippen molar-refractivity contribution < 1.29 is 5.11 Å². The number of rotatable bonds is 5. The average Bonchev–Trinajstić information content (AvgIpc) is 2.73. The monoisotopic (exact) mass is 275 g/mol. The summed E-state index contributed by atoms with van der Waals surface area (Å²) < 4.78 is 0. The molecule has 0 amide bonds. The first-order valence-electron chi connectivity index (χ1n) is 8.27. The highest BCUT2D eigenvalue weighted by Gasteiger charge is 2.16. The summed E-state index contributed by atoms with van der Waals surface area (Å²) in [6.45, 7) is 6.66. The van der Waals surface area contributed by atoms with Crippen LogP contribution >= 0.6 is 0 Å². The molecule has 1 fully saturated rings. The molecule has 112 valence electrons. The van der Waals surface area contributed by atoms with Gasteiger partial charge in [-0.15, -0.1) is 0 Å². The second-order valence-corrected chi connectivity index (χ2v) is 6.09. The van der Waals surface area contributed by atoms with Crippen LogP contribution in [0.3, 0.4) is 0 Å². The highest BCUT2D eigenvalue weighted by Crippen LogP contribution is 2.26. The number of anilines is 1. The Morgan fingerprint density at radius 2 is 1.90 bits per heavy atom. The molecule has 0 bridgehead atoms. The van der Waals surface area contributed by atoms with Crippen LogP contribution in [-0.2, 0) is 0 Å². The second-order valence-electron chi connectivity index (χ2n) is 6.09. The minimum Gasteiger partial charge on any atom is -0.388 e. The van der Waals surface area contributed by atoms with Crippen LogP contribution in [-0.4, -0.2) is 18.2 Å². The van der Waals surface area contributed by atoms with E-state index in [0.29, 0.717) is 0 Å². The lowest BCUT2D eigenvalue weighted by atomic mass is 9.96. The number of aliphatic hydroxyl groups excluding tert-OH is 1. The van der Waals surface area contributed by atoms with Gasteiger partial charge >= 0.3 is 0 Å². The van der Waals surface area contributed by atoms with E-state index in [-0.39, 0.29) is 6.10 Å². The van der Waals surface area contributed by atoms with Gasteiger partial charge in [0.15, 0.2) is 0 Å². The lowest BCUT2D eigenvalue weighted by Gasteiger charge is -2.23. The fourth-order valence-corrected chi connectivity index (χ4v) is 3.26. The predicted molar refractivity (Wildman–Crippen MR) is 86.2 cm³/mol. The maximum Gasteiger partial charge on any atom is 0.0787 e. The van der Waals surface area contributed by atoms with Crippen LogP contribution in [0.15, 0.2) is 24.3 Å². The Morgan fingerprint density at radius 3 is 2.55 bits per heavy atom. The summed E-state index contributed by atoms with van der Waals surface area (Å²) in [6, 6.07) is 8.51. The van der Waals surface area contributed by atoms with Crippen LogP contribution in [0.1, 0.15) is 64.0 Å². The number of hydrogen-bond acceptors (Lipinski definition) is 2. The van der Waals surface area contributed by atoms with Crippen LogP contribution in [0.4, 0.5) is 5.69 Å². The molecule has 1 saturated heterocycles. The molecular formula is C18H29NO. The maximum atomic E-state index is 9.86. The average molecular weight is 275 g/mol. The van der Waals surface area contributed by atoms with Gasteiger partial charge in [-0.1, -0.05) is 38.8 Å². The summed E-state index contributed by atoms with van der Waals surface area (Å²) >= 11 is 0. The van der Waals surface area contributed by atoms with E-state index in [1.807, 2.05) is 6.92 Å². The normalized spacial score (nSPS) is 21.6.